The van der Waals surface area contributed by atoms with Crippen LogP contribution in [0.4, 0.5) is 0 Å². The Morgan fingerprint density at radius 1 is 0.825 bits per heavy atom. The van der Waals surface area contributed by atoms with E-state index < -0.39 is 43.1 Å². The quantitative estimate of drug-likeness (QED) is 0.0880. The van der Waals surface area contributed by atoms with E-state index in [1.54, 1.807) is 33.5 Å². The van der Waals surface area contributed by atoms with Crippen LogP contribution in [0.3, 0.4) is 0 Å². The number of phosphoric acid groups is 1. The molecule has 296 valence electrons. The highest BCUT2D eigenvalue weighted by atomic mass is 35.5. The van der Waals surface area contributed by atoms with Gasteiger partial charge in [0, 0.05) is 35.6 Å². The molecule has 0 spiro atoms. The van der Waals surface area contributed by atoms with Crippen molar-refractivity contribution in [3.8, 4) is 17.2 Å². The number of nitrogens with one attached hydrogen (secondary N) is 1. The molecule has 2 aromatic heterocycles. The molecular weight excluding hydrogens is 773 g/mol. The van der Waals surface area contributed by atoms with Gasteiger partial charge in [-0.25, -0.2) is 9.36 Å². The van der Waals surface area contributed by atoms with Gasteiger partial charge >= 0.3 is 13.5 Å². The minimum absolute atomic E-state index is 0.0582. The van der Waals surface area contributed by atoms with Crippen molar-refractivity contribution < 1.29 is 37.5 Å². The molecule has 4 aromatic carbocycles. The Hall–Kier alpha value is -5.53. The zero-order valence-electron chi connectivity index (χ0n) is 31.3. The van der Waals surface area contributed by atoms with E-state index in [0.717, 1.165) is 16.7 Å². The van der Waals surface area contributed by atoms with Crippen molar-refractivity contribution in [2.24, 2.45) is 0 Å². The first kappa shape index (κ1) is 41.1. The first-order chi connectivity index (χ1) is 27.5. The number of phosphoric ester groups is 1. The number of hydrogen-bond donors (Lipinski definition) is 2. The molecule has 6 aromatic rings. The van der Waals surface area contributed by atoms with Gasteiger partial charge in [-0.2, -0.15) is 0 Å². The fourth-order valence-corrected chi connectivity index (χ4v) is 7.47. The van der Waals surface area contributed by atoms with Crippen molar-refractivity contribution in [1.29, 1.82) is 0 Å². The van der Waals surface area contributed by atoms with Gasteiger partial charge in [-0.05, 0) is 84.3 Å². The van der Waals surface area contributed by atoms with Crippen LogP contribution in [0, 0.1) is 6.92 Å². The molecule has 1 aliphatic rings. The summed E-state index contributed by atoms with van der Waals surface area (Å²) in [5, 5.41) is 0.414. The molecule has 0 radical (unpaired) electrons. The molecule has 0 amide bonds. The van der Waals surface area contributed by atoms with E-state index >= 15 is 0 Å². The molecule has 0 saturated carbocycles. The van der Waals surface area contributed by atoms with Crippen molar-refractivity contribution in [2.45, 2.75) is 37.4 Å². The highest BCUT2D eigenvalue weighted by Gasteiger charge is 2.45. The van der Waals surface area contributed by atoms with Gasteiger partial charge in [0.15, 0.2) is 0 Å². The van der Waals surface area contributed by atoms with Crippen LogP contribution < -0.4 is 25.2 Å². The summed E-state index contributed by atoms with van der Waals surface area (Å²) < 4.78 is 50.0. The lowest BCUT2D eigenvalue weighted by molar-refractivity contribution is -0.0933. The van der Waals surface area contributed by atoms with Gasteiger partial charge in [0.05, 0.1) is 20.8 Å². The van der Waals surface area contributed by atoms with Crippen molar-refractivity contribution >= 4 is 19.4 Å². The topological polar surface area (TPSA) is 160 Å². The number of ether oxygens (including phenoxy) is 4. The summed E-state index contributed by atoms with van der Waals surface area (Å²) in [5.74, 6) is 1.35. The number of aryl methyl sites for hydroxylation is 1. The van der Waals surface area contributed by atoms with E-state index in [0.29, 0.717) is 16.5 Å². The van der Waals surface area contributed by atoms with E-state index in [9.17, 15) is 19.0 Å². The van der Waals surface area contributed by atoms with Crippen LogP contribution in [0.1, 0.15) is 34.9 Å². The third-order valence-electron chi connectivity index (χ3n) is 9.14. The zero-order chi connectivity index (χ0) is 40.4. The SMILES string of the molecule is COc1ccc(C(OC[C@H]2O[C@@H](n3cc(C)c(=O)[nH]c3=O)C[C@@H]2OP(=O)(O)Oc2ccc(Cl)cc2)(c2ccccc2)c2ccc(OC)cc2)cc1.c1ccncc1. The summed E-state index contributed by atoms with van der Waals surface area (Å²) >= 11 is 5.97. The van der Waals surface area contributed by atoms with Gasteiger partial charge in [0.2, 0.25) is 0 Å². The van der Waals surface area contributed by atoms with Crippen LogP contribution in [-0.4, -0.2) is 52.5 Å². The normalized spacial score (nSPS) is 17.5. The Balaban J connectivity index is 0.000000837. The number of methoxy groups -OCH3 is 2. The van der Waals surface area contributed by atoms with Gasteiger partial charge < -0.3 is 23.5 Å². The Bertz CT molecular complexity index is 2290. The summed E-state index contributed by atoms with van der Waals surface area (Å²) in [6, 6.07) is 36.1. The van der Waals surface area contributed by atoms with E-state index in [1.807, 2.05) is 97.1 Å². The standard InChI is InChI=1S/C37H36ClN2O10P.C5H5N/c1-24-22-40(36(42)39-35(24)41)34-21-32(50-51(43,44)49-31-19-13-28(38)14-20-31)33(48-34)23-47-37(25-7-5-4-6-8-25,26-9-15-29(45-2)16-10-26)27-11-17-30(46-3)18-12-27;1-2-4-6-5-3-1/h4-20,22,32-34H,21,23H2,1-3H3,(H,43,44)(H,39,41,42);1-5H/t32-,33+,34+;/m0./s1. The first-order valence-corrected chi connectivity index (χ1v) is 19.7. The average Bonchev–Trinajstić information content (AvgIpc) is 3.63. The molecular formula is C42H41ClN3O10P. The predicted molar refractivity (Wildman–Crippen MR) is 214 cm³/mol. The number of pyridine rings is 1. The third-order valence-corrected chi connectivity index (χ3v) is 10.4. The summed E-state index contributed by atoms with van der Waals surface area (Å²) in [7, 11) is -1.61. The van der Waals surface area contributed by atoms with Gasteiger partial charge in [0.1, 0.15) is 41.3 Å². The summed E-state index contributed by atoms with van der Waals surface area (Å²) in [6.07, 6.45) is 1.70. The van der Waals surface area contributed by atoms with Crippen molar-refractivity contribution in [1.82, 2.24) is 14.5 Å². The highest BCUT2D eigenvalue weighted by Crippen LogP contribution is 2.49. The highest BCUT2D eigenvalue weighted by molar-refractivity contribution is 7.47. The molecule has 1 fully saturated rings. The maximum absolute atomic E-state index is 13.4. The number of aromatic nitrogens is 3. The summed E-state index contributed by atoms with van der Waals surface area (Å²) in [5.41, 5.74) is 0.0477. The molecule has 1 unspecified atom stereocenters. The number of halogens is 1. The number of nitrogens with zero attached hydrogens (tertiary/aromatic N) is 2. The number of H-pyrrole nitrogens is 1. The first-order valence-electron chi connectivity index (χ1n) is 17.8. The molecule has 1 aliphatic heterocycles. The number of aromatic amines is 1. The molecule has 15 heteroatoms. The van der Waals surface area contributed by atoms with Gasteiger partial charge in [-0.3, -0.25) is 28.7 Å². The molecule has 4 atom stereocenters. The average molecular weight is 814 g/mol. The van der Waals surface area contributed by atoms with E-state index in [2.05, 4.69) is 9.97 Å². The predicted octanol–water partition coefficient (Wildman–Crippen LogP) is 7.46. The van der Waals surface area contributed by atoms with Crippen LogP contribution in [0.5, 0.6) is 17.2 Å². The maximum Gasteiger partial charge on any atom is 0.527 e. The zero-order valence-corrected chi connectivity index (χ0v) is 32.9. The summed E-state index contributed by atoms with van der Waals surface area (Å²) in [6.45, 7) is 1.37. The van der Waals surface area contributed by atoms with E-state index in [1.165, 1.54) is 35.0 Å². The molecule has 0 bridgehead atoms. The molecule has 3 heterocycles. The molecule has 13 nitrogen and oxygen atoms in total. The van der Waals surface area contributed by atoms with Gasteiger partial charge in [-0.15, -0.1) is 0 Å². The van der Waals surface area contributed by atoms with Gasteiger partial charge in [-0.1, -0.05) is 72.3 Å². The second kappa shape index (κ2) is 18.6. The molecule has 57 heavy (non-hydrogen) atoms. The number of rotatable bonds is 13. The largest absolute Gasteiger partial charge is 0.527 e. The molecule has 7 rings (SSSR count). The van der Waals surface area contributed by atoms with E-state index in [4.69, 9.17) is 39.6 Å². The van der Waals surface area contributed by atoms with Crippen molar-refractivity contribution in [3.05, 3.63) is 188 Å². The fourth-order valence-electron chi connectivity index (χ4n) is 6.35. The van der Waals surface area contributed by atoms with E-state index in [-0.39, 0.29) is 24.3 Å². The summed E-state index contributed by atoms with van der Waals surface area (Å²) in [4.78, 5) is 42.0. The second-order valence-electron chi connectivity index (χ2n) is 12.8. The second-order valence-corrected chi connectivity index (χ2v) is 14.6. The Morgan fingerprint density at radius 2 is 1.37 bits per heavy atom. The van der Waals surface area contributed by atoms with Crippen LogP contribution in [0.15, 0.2) is 150 Å². The van der Waals surface area contributed by atoms with Crippen LogP contribution in [-0.2, 0) is 24.2 Å². The molecule has 0 aliphatic carbocycles. The minimum Gasteiger partial charge on any atom is -0.497 e. The Kier molecular flexibility index (Phi) is 13.4. The number of benzene rings is 4. The monoisotopic (exact) mass is 813 g/mol. The van der Waals surface area contributed by atoms with Gasteiger partial charge in [0.25, 0.3) is 5.56 Å². The smallest absolute Gasteiger partial charge is 0.497 e. The molecule has 1 saturated heterocycles. The maximum atomic E-state index is 13.4. The Morgan fingerprint density at radius 3 is 1.89 bits per heavy atom. The van der Waals surface area contributed by atoms with Crippen LogP contribution in [0.2, 0.25) is 5.02 Å². The third kappa shape index (κ3) is 10.1. The lowest BCUT2D eigenvalue weighted by Crippen LogP contribution is -2.38. The van der Waals surface area contributed by atoms with Crippen molar-refractivity contribution in [2.75, 3.05) is 20.8 Å². The number of hydrogen-bond acceptors (Lipinski definition) is 10. The van der Waals surface area contributed by atoms with Crippen molar-refractivity contribution in [3.63, 3.8) is 0 Å². The van der Waals surface area contributed by atoms with Crippen LogP contribution in [0.25, 0.3) is 0 Å². The minimum atomic E-state index is -4.77. The van der Waals surface area contributed by atoms with Crippen LogP contribution >= 0.6 is 19.4 Å². The Labute approximate surface area is 334 Å². The lowest BCUT2D eigenvalue weighted by atomic mass is 9.80. The fraction of sp³-hybridized carbons (Fsp3) is 0.214. The molecule has 2 N–H and O–H groups in total. The lowest BCUT2D eigenvalue weighted by Gasteiger charge is -2.37.